The maximum absolute atomic E-state index is 12.6. The summed E-state index contributed by atoms with van der Waals surface area (Å²) in [5.41, 5.74) is 13.7. The van der Waals surface area contributed by atoms with E-state index in [-0.39, 0.29) is 37.5 Å². The normalized spacial score (nSPS) is 10.9. The highest BCUT2D eigenvalue weighted by molar-refractivity contribution is 5.85. The molecule has 0 unspecified atom stereocenters. The van der Waals surface area contributed by atoms with Crippen molar-refractivity contribution in [2.45, 2.75) is 26.0 Å². The van der Waals surface area contributed by atoms with Crippen molar-refractivity contribution in [3.63, 3.8) is 0 Å². The smallest absolute Gasteiger partial charge is 0.410 e. The number of nitrogens with two attached hydrogens (primary N) is 2. The number of halogens is 2. The van der Waals surface area contributed by atoms with Crippen LogP contribution in [-0.2, 0) is 17.8 Å². The molecule has 0 fully saturated rings. The molecule has 0 bridgehead atoms. The van der Waals surface area contributed by atoms with Crippen molar-refractivity contribution in [3.8, 4) is 5.75 Å². The molecule has 2 rings (SSSR count). The quantitative estimate of drug-likeness (QED) is 0.586. The zero-order valence-electron chi connectivity index (χ0n) is 16.7. The number of hydrogen-bond donors (Lipinski definition) is 2. The Labute approximate surface area is 185 Å². The highest BCUT2D eigenvalue weighted by Gasteiger charge is 2.23. The molecule has 162 valence electrons. The van der Waals surface area contributed by atoms with Gasteiger partial charge in [0.2, 0.25) is 0 Å². The fourth-order valence-corrected chi connectivity index (χ4v) is 2.85. The molecule has 0 saturated carbocycles. The lowest BCUT2D eigenvalue weighted by molar-refractivity contribution is 0.0825. The summed E-state index contributed by atoms with van der Waals surface area (Å²) in [4.78, 5) is 14.2. The van der Waals surface area contributed by atoms with E-state index in [9.17, 15) is 4.79 Å². The van der Waals surface area contributed by atoms with E-state index in [4.69, 9.17) is 20.9 Å². The summed E-state index contributed by atoms with van der Waals surface area (Å²) < 4.78 is 10.9. The maximum atomic E-state index is 12.6. The van der Waals surface area contributed by atoms with E-state index in [1.807, 2.05) is 61.5 Å². The topological polar surface area (TPSA) is 90.8 Å². The second-order valence-electron chi connectivity index (χ2n) is 6.19. The van der Waals surface area contributed by atoms with Gasteiger partial charge in [-0.2, -0.15) is 0 Å². The van der Waals surface area contributed by atoms with Crippen molar-refractivity contribution >= 4 is 30.9 Å². The van der Waals surface area contributed by atoms with Gasteiger partial charge < -0.3 is 25.8 Å². The lowest BCUT2D eigenvalue weighted by Crippen LogP contribution is -2.48. The summed E-state index contributed by atoms with van der Waals surface area (Å²) in [7, 11) is 0. The van der Waals surface area contributed by atoms with Gasteiger partial charge in [-0.3, -0.25) is 0 Å². The molecule has 0 radical (unpaired) electrons. The predicted molar refractivity (Wildman–Crippen MR) is 121 cm³/mol. The first kappa shape index (κ1) is 27.0. The Morgan fingerprint density at radius 2 is 1.66 bits per heavy atom. The molecule has 0 spiro atoms. The Bertz CT molecular complexity index is 687. The van der Waals surface area contributed by atoms with Crippen LogP contribution < -0.4 is 16.2 Å². The first-order chi connectivity index (χ1) is 13.2. The zero-order chi connectivity index (χ0) is 19.5. The standard InChI is InChI=1S/C21H29N3O3.2ClH/c1-2-26-20-10-8-17(9-11-20)14-19(15-23)24(13-12-22)21(25)27-16-18-6-4-3-5-7-18;;/h3-11,19H,2,12-16,22-23H2,1H3;2*1H/t19-;;/m0../s1. The highest BCUT2D eigenvalue weighted by atomic mass is 35.5. The second-order valence-corrected chi connectivity index (χ2v) is 6.19. The first-order valence-electron chi connectivity index (χ1n) is 9.27. The van der Waals surface area contributed by atoms with E-state index in [0.29, 0.717) is 32.7 Å². The zero-order valence-corrected chi connectivity index (χ0v) is 18.3. The molecule has 29 heavy (non-hydrogen) atoms. The van der Waals surface area contributed by atoms with Crippen LogP contribution in [0.15, 0.2) is 54.6 Å². The summed E-state index contributed by atoms with van der Waals surface area (Å²) >= 11 is 0. The fraction of sp³-hybridized carbons (Fsp3) is 0.381. The minimum atomic E-state index is -0.398. The van der Waals surface area contributed by atoms with Crippen molar-refractivity contribution in [3.05, 3.63) is 65.7 Å². The predicted octanol–water partition coefficient (Wildman–Crippen LogP) is 3.40. The average molecular weight is 444 g/mol. The number of rotatable bonds is 10. The van der Waals surface area contributed by atoms with Crippen molar-refractivity contribution < 1.29 is 14.3 Å². The Hall–Kier alpha value is -1.99. The second kappa shape index (κ2) is 14.9. The van der Waals surface area contributed by atoms with E-state index in [1.54, 1.807) is 4.90 Å². The van der Waals surface area contributed by atoms with Gasteiger partial charge in [-0.05, 0) is 36.6 Å². The summed E-state index contributed by atoms with van der Waals surface area (Å²) in [6.45, 7) is 3.87. The molecule has 0 saturated heterocycles. The summed E-state index contributed by atoms with van der Waals surface area (Å²) in [5.74, 6) is 0.826. The van der Waals surface area contributed by atoms with Gasteiger partial charge in [-0.15, -0.1) is 24.8 Å². The van der Waals surface area contributed by atoms with Gasteiger partial charge in [0.05, 0.1) is 12.6 Å². The summed E-state index contributed by atoms with van der Waals surface area (Å²) in [6.07, 6.45) is 0.231. The number of carbonyl (C=O) groups excluding carboxylic acids is 1. The Balaban J connectivity index is 0.00000392. The van der Waals surface area contributed by atoms with Gasteiger partial charge in [-0.1, -0.05) is 42.5 Å². The van der Waals surface area contributed by atoms with E-state index in [2.05, 4.69) is 0 Å². The highest BCUT2D eigenvalue weighted by Crippen LogP contribution is 2.16. The van der Waals surface area contributed by atoms with Crippen LogP contribution in [0.4, 0.5) is 4.79 Å². The van der Waals surface area contributed by atoms with Crippen LogP contribution in [0.1, 0.15) is 18.1 Å². The SMILES string of the molecule is CCOc1ccc(C[C@@H](CN)N(CCN)C(=O)OCc2ccccc2)cc1.Cl.Cl. The first-order valence-corrected chi connectivity index (χ1v) is 9.27. The van der Waals surface area contributed by atoms with Crippen molar-refractivity contribution in [1.82, 2.24) is 4.90 Å². The maximum Gasteiger partial charge on any atom is 0.410 e. The van der Waals surface area contributed by atoms with Gasteiger partial charge in [0.1, 0.15) is 12.4 Å². The van der Waals surface area contributed by atoms with E-state index in [1.165, 1.54) is 0 Å². The van der Waals surface area contributed by atoms with Crippen LogP contribution in [-0.4, -0.2) is 43.3 Å². The number of carbonyl (C=O) groups is 1. The third kappa shape index (κ3) is 8.92. The van der Waals surface area contributed by atoms with Gasteiger partial charge in [-0.25, -0.2) is 4.79 Å². The monoisotopic (exact) mass is 443 g/mol. The third-order valence-electron chi connectivity index (χ3n) is 4.23. The number of benzene rings is 2. The summed E-state index contributed by atoms with van der Waals surface area (Å²) in [6, 6.07) is 17.2. The Morgan fingerprint density at radius 3 is 2.21 bits per heavy atom. The molecule has 0 aliphatic heterocycles. The fourth-order valence-electron chi connectivity index (χ4n) is 2.85. The lowest BCUT2D eigenvalue weighted by atomic mass is 10.0. The molecule has 4 N–H and O–H groups in total. The minimum absolute atomic E-state index is 0. The molecule has 2 aromatic carbocycles. The third-order valence-corrected chi connectivity index (χ3v) is 4.23. The van der Waals surface area contributed by atoms with Gasteiger partial charge in [0.15, 0.2) is 0 Å². The van der Waals surface area contributed by atoms with Crippen LogP contribution in [0.2, 0.25) is 0 Å². The van der Waals surface area contributed by atoms with E-state index >= 15 is 0 Å². The van der Waals surface area contributed by atoms with Gasteiger partial charge >= 0.3 is 6.09 Å². The molecule has 1 amide bonds. The van der Waals surface area contributed by atoms with Crippen LogP contribution in [0, 0.1) is 0 Å². The molecule has 2 aromatic rings. The molecule has 0 aliphatic rings. The molecule has 8 heteroatoms. The van der Waals surface area contributed by atoms with Crippen LogP contribution >= 0.6 is 24.8 Å². The van der Waals surface area contributed by atoms with Crippen molar-refractivity contribution in [2.75, 3.05) is 26.2 Å². The molecule has 0 aliphatic carbocycles. The number of hydrogen-bond acceptors (Lipinski definition) is 5. The van der Waals surface area contributed by atoms with Crippen molar-refractivity contribution in [2.24, 2.45) is 11.5 Å². The lowest BCUT2D eigenvalue weighted by Gasteiger charge is -2.30. The number of nitrogens with zero attached hydrogens (tertiary/aromatic N) is 1. The number of amides is 1. The number of ether oxygens (including phenoxy) is 2. The van der Waals surface area contributed by atoms with Gasteiger partial charge in [0, 0.05) is 19.6 Å². The van der Waals surface area contributed by atoms with E-state index < -0.39 is 6.09 Å². The molecule has 0 heterocycles. The minimum Gasteiger partial charge on any atom is -0.494 e. The van der Waals surface area contributed by atoms with Crippen LogP contribution in [0.5, 0.6) is 5.75 Å². The van der Waals surface area contributed by atoms with Crippen molar-refractivity contribution in [1.29, 1.82) is 0 Å². The molecule has 6 nitrogen and oxygen atoms in total. The molecule has 1 atom stereocenters. The van der Waals surface area contributed by atoms with Gasteiger partial charge in [0.25, 0.3) is 0 Å². The largest absolute Gasteiger partial charge is 0.494 e. The molecule has 0 aromatic heterocycles. The van der Waals surface area contributed by atoms with E-state index in [0.717, 1.165) is 16.9 Å². The van der Waals surface area contributed by atoms with Crippen LogP contribution in [0.3, 0.4) is 0 Å². The summed E-state index contributed by atoms with van der Waals surface area (Å²) in [5, 5.41) is 0. The van der Waals surface area contributed by atoms with Crippen LogP contribution in [0.25, 0.3) is 0 Å². The average Bonchev–Trinajstić information content (AvgIpc) is 2.71. The Morgan fingerprint density at radius 1 is 1.00 bits per heavy atom. The Kier molecular flexibility index (Phi) is 13.9. The molecular weight excluding hydrogens is 413 g/mol. The molecular formula is C21H31Cl2N3O3.